The number of aromatic nitrogens is 1. The number of hydrogen-bond acceptors (Lipinski definition) is 7. The van der Waals surface area contributed by atoms with Gasteiger partial charge in [-0.2, -0.15) is 0 Å². The number of hydrogen-bond donors (Lipinski definition) is 2. The van der Waals surface area contributed by atoms with Crippen LogP contribution in [0.1, 0.15) is 77.1 Å². The Kier molecular flexibility index (Phi) is 12.3. The molecule has 240 valence electrons. The van der Waals surface area contributed by atoms with Crippen LogP contribution in [0.15, 0.2) is 57.9 Å². The van der Waals surface area contributed by atoms with Crippen LogP contribution in [0.25, 0.3) is 11.1 Å². The third-order valence-electron chi connectivity index (χ3n) is 7.70. The summed E-state index contributed by atoms with van der Waals surface area (Å²) in [6.45, 7) is 15.9. The molecule has 2 aromatic carbocycles. The quantitative estimate of drug-likeness (QED) is 0.138. The first-order valence-electron chi connectivity index (χ1n) is 15.3. The minimum atomic E-state index is -3.95. The molecule has 0 bridgehead atoms. The molecule has 0 saturated heterocycles. The molecule has 3 rings (SSSR count). The number of benzene rings is 2. The Morgan fingerprint density at radius 1 is 1.05 bits per heavy atom. The Morgan fingerprint density at radius 3 is 2.32 bits per heavy atom. The van der Waals surface area contributed by atoms with Gasteiger partial charge in [-0.05, 0) is 68.2 Å². The van der Waals surface area contributed by atoms with Gasteiger partial charge in [0.25, 0.3) is 10.0 Å². The van der Waals surface area contributed by atoms with Gasteiger partial charge >= 0.3 is 0 Å². The smallest absolute Gasteiger partial charge is 0.264 e. The fourth-order valence-electron chi connectivity index (χ4n) is 5.07. The van der Waals surface area contributed by atoms with Crippen molar-refractivity contribution in [3.63, 3.8) is 0 Å². The predicted octanol–water partition coefficient (Wildman–Crippen LogP) is 6.51. The molecule has 1 amide bonds. The zero-order valence-electron chi connectivity index (χ0n) is 27.1. The van der Waals surface area contributed by atoms with Crippen LogP contribution in [0.4, 0.5) is 5.88 Å². The van der Waals surface area contributed by atoms with Crippen molar-refractivity contribution in [3.05, 3.63) is 65.4 Å². The molecule has 0 saturated carbocycles. The number of anilines is 1. The van der Waals surface area contributed by atoms with Crippen molar-refractivity contribution in [2.45, 2.75) is 91.6 Å². The molecule has 0 aliphatic heterocycles. The molecule has 0 aliphatic carbocycles. The Morgan fingerprint density at radius 2 is 1.73 bits per heavy atom. The summed E-state index contributed by atoms with van der Waals surface area (Å²) in [6.07, 6.45) is 3.89. The van der Waals surface area contributed by atoms with Crippen molar-refractivity contribution in [1.82, 2.24) is 15.4 Å². The summed E-state index contributed by atoms with van der Waals surface area (Å²) < 4.78 is 34.5. The molecule has 1 heterocycles. The molecule has 0 fully saturated rings. The van der Waals surface area contributed by atoms with E-state index in [1.54, 1.807) is 38.1 Å². The third-order valence-corrected chi connectivity index (χ3v) is 9.09. The largest absolute Gasteiger partial charge is 0.355 e. The van der Waals surface area contributed by atoms with Crippen LogP contribution in [0.5, 0.6) is 0 Å². The van der Waals surface area contributed by atoms with E-state index in [0.717, 1.165) is 36.7 Å². The number of sulfonamides is 1. The molecular formula is C34H48N4O5S. The van der Waals surface area contributed by atoms with Gasteiger partial charge in [-0.25, -0.2) is 13.1 Å². The highest BCUT2D eigenvalue weighted by molar-refractivity contribution is 7.92. The Balaban J connectivity index is 1.84. The minimum Gasteiger partial charge on any atom is -0.355 e. The number of aldehydes is 1. The summed E-state index contributed by atoms with van der Waals surface area (Å²) >= 11 is 0. The standard InChI is InChI=1S/C34H48N4O5S/c1-24(2)31(32(40)35-20-19-34(5,6)7)38(21-11-8-12-22-39)23-27-15-17-28(18-16-27)29-13-9-10-14-30(29)44(41,42)37-33-25(3)26(4)36-43-33/h9-10,13-18,22,24,31,37H,8,11-12,19-21,23H2,1-7H3,(H,35,40)/t31-/m0/s1. The number of amides is 1. The third kappa shape index (κ3) is 9.75. The van der Waals surface area contributed by atoms with Crippen LogP contribution < -0.4 is 10.0 Å². The first kappa shape index (κ1) is 35.0. The predicted molar refractivity (Wildman–Crippen MR) is 175 cm³/mol. The average Bonchev–Trinajstić information content (AvgIpc) is 3.26. The SMILES string of the molecule is Cc1noc(NS(=O)(=O)c2ccccc2-c2ccc(CN(CCCCC=O)[C@H](C(=O)NCCC(C)(C)C)C(C)C)cc2)c1C. The highest BCUT2D eigenvalue weighted by Gasteiger charge is 2.29. The first-order valence-corrected chi connectivity index (χ1v) is 16.8. The molecule has 44 heavy (non-hydrogen) atoms. The van der Waals surface area contributed by atoms with E-state index in [9.17, 15) is 18.0 Å². The average molecular weight is 625 g/mol. The fraction of sp³-hybridized carbons (Fsp3) is 0.500. The summed E-state index contributed by atoms with van der Waals surface area (Å²) in [5, 5.41) is 7.00. The monoisotopic (exact) mass is 624 g/mol. The highest BCUT2D eigenvalue weighted by Crippen LogP contribution is 2.30. The van der Waals surface area contributed by atoms with E-state index in [-0.39, 0.29) is 34.1 Å². The summed E-state index contributed by atoms with van der Waals surface area (Å²) in [4.78, 5) is 26.7. The van der Waals surface area contributed by atoms with Crippen molar-refractivity contribution < 1.29 is 22.5 Å². The molecular weight excluding hydrogens is 576 g/mol. The lowest BCUT2D eigenvalue weighted by Gasteiger charge is -2.34. The van der Waals surface area contributed by atoms with Crippen LogP contribution in [0, 0.1) is 25.2 Å². The topological polar surface area (TPSA) is 122 Å². The van der Waals surface area contributed by atoms with E-state index in [1.165, 1.54) is 0 Å². The number of unbranched alkanes of at least 4 members (excludes halogenated alkanes) is 2. The normalized spacial score (nSPS) is 12.8. The van der Waals surface area contributed by atoms with Crippen LogP contribution in [-0.4, -0.2) is 49.8 Å². The minimum absolute atomic E-state index is 0.0140. The molecule has 3 aromatic rings. The summed E-state index contributed by atoms with van der Waals surface area (Å²) in [5.41, 5.74) is 3.69. The van der Waals surface area contributed by atoms with E-state index in [4.69, 9.17) is 4.52 Å². The maximum atomic E-state index is 13.4. The zero-order chi connectivity index (χ0) is 32.5. The number of nitrogens with one attached hydrogen (secondary N) is 2. The fourth-order valence-corrected chi connectivity index (χ4v) is 6.34. The van der Waals surface area contributed by atoms with E-state index in [1.807, 2.05) is 24.3 Å². The van der Waals surface area contributed by atoms with Crippen LogP contribution >= 0.6 is 0 Å². The Labute approximate surface area is 262 Å². The van der Waals surface area contributed by atoms with Gasteiger partial charge in [-0.15, -0.1) is 0 Å². The Bertz CT molecular complexity index is 1490. The van der Waals surface area contributed by atoms with Gasteiger partial charge in [0.05, 0.1) is 16.6 Å². The van der Waals surface area contributed by atoms with Gasteiger partial charge in [-0.1, -0.05) is 82.2 Å². The molecule has 1 atom stereocenters. The van der Waals surface area contributed by atoms with Crippen LogP contribution in [-0.2, 0) is 26.2 Å². The molecule has 10 heteroatoms. The summed E-state index contributed by atoms with van der Waals surface area (Å²) in [7, 11) is -3.95. The van der Waals surface area contributed by atoms with Gasteiger partial charge in [-0.3, -0.25) is 9.69 Å². The molecule has 0 unspecified atom stereocenters. The lowest BCUT2D eigenvalue weighted by Crippen LogP contribution is -2.50. The van der Waals surface area contributed by atoms with Gasteiger partial charge in [0.15, 0.2) is 0 Å². The van der Waals surface area contributed by atoms with E-state index in [0.29, 0.717) is 42.9 Å². The van der Waals surface area contributed by atoms with Crippen LogP contribution in [0.3, 0.4) is 0 Å². The highest BCUT2D eigenvalue weighted by atomic mass is 32.2. The summed E-state index contributed by atoms with van der Waals surface area (Å²) in [5.74, 6) is 0.194. The van der Waals surface area contributed by atoms with Crippen molar-refractivity contribution in [2.75, 3.05) is 17.8 Å². The van der Waals surface area contributed by atoms with Crippen LogP contribution in [0.2, 0.25) is 0 Å². The maximum absolute atomic E-state index is 13.4. The second kappa shape index (κ2) is 15.5. The molecule has 9 nitrogen and oxygen atoms in total. The van der Waals surface area contributed by atoms with Gasteiger partial charge in [0.1, 0.15) is 6.29 Å². The first-order chi connectivity index (χ1) is 20.7. The molecule has 2 N–H and O–H groups in total. The van der Waals surface area contributed by atoms with E-state index < -0.39 is 10.0 Å². The number of nitrogens with zero attached hydrogens (tertiary/aromatic N) is 2. The lowest BCUT2D eigenvalue weighted by atomic mass is 9.92. The molecule has 0 aliphatic rings. The van der Waals surface area contributed by atoms with Crippen molar-refractivity contribution in [1.29, 1.82) is 0 Å². The van der Waals surface area contributed by atoms with E-state index in [2.05, 4.69) is 54.7 Å². The number of carbonyl (C=O) groups is 2. The van der Waals surface area contributed by atoms with E-state index >= 15 is 0 Å². The molecule has 0 radical (unpaired) electrons. The second-order valence-electron chi connectivity index (χ2n) is 12.9. The molecule has 1 aromatic heterocycles. The van der Waals surface area contributed by atoms with Crippen molar-refractivity contribution in [2.24, 2.45) is 11.3 Å². The second-order valence-corrected chi connectivity index (χ2v) is 14.6. The summed E-state index contributed by atoms with van der Waals surface area (Å²) in [6, 6.07) is 14.3. The molecule has 0 spiro atoms. The van der Waals surface area contributed by atoms with Crippen molar-refractivity contribution >= 4 is 28.1 Å². The Hall–Kier alpha value is -3.50. The number of carbonyl (C=O) groups excluding carboxylic acids is 2. The van der Waals surface area contributed by atoms with Gasteiger partial charge in [0, 0.05) is 30.6 Å². The van der Waals surface area contributed by atoms with Gasteiger partial charge < -0.3 is 14.6 Å². The zero-order valence-corrected chi connectivity index (χ0v) is 28.0. The lowest BCUT2D eigenvalue weighted by molar-refractivity contribution is -0.128. The van der Waals surface area contributed by atoms with Gasteiger partial charge in [0.2, 0.25) is 11.8 Å². The van der Waals surface area contributed by atoms with Crippen molar-refractivity contribution in [3.8, 4) is 11.1 Å². The maximum Gasteiger partial charge on any atom is 0.264 e. The number of aryl methyl sites for hydroxylation is 1. The number of rotatable bonds is 16.